The summed E-state index contributed by atoms with van der Waals surface area (Å²) in [5, 5.41) is 5.04. The van der Waals surface area contributed by atoms with E-state index in [-0.39, 0.29) is 0 Å². The van der Waals surface area contributed by atoms with E-state index in [9.17, 15) is 0 Å². The Bertz CT molecular complexity index is 567. The first-order valence-electron chi connectivity index (χ1n) is 7.69. The highest BCUT2D eigenvalue weighted by molar-refractivity contribution is 5.83. The first kappa shape index (κ1) is 13.7. The number of aromatic nitrogens is 1. The number of nitrogens with one attached hydrogen (secondary N) is 1. The van der Waals surface area contributed by atoms with Gasteiger partial charge >= 0.3 is 0 Å². The van der Waals surface area contributed by atoms with Crippen molar-refractivity contribution in [1.29, 1.82) is 0 Å². The number of para-hydroxylation sites is 1. The third-order valence-electron chi connectivity index (χ3n) is 4.03. The molecule has 1 aliphatic carbocycles. The maximum Gasteiger partial charge on any atom is 0.0483 e. The van der Waals surface area contributed by atoms with Gasteiger partial charge in [0.1, 0.15) is 0 Å². The van der Waals surface area contributed by atoms with Gasteiger partial charge in [0.15, 0.2) is 0 Å². The molecular weight excluding hydrogens is 246 g/mol. The van der Waals surface area contributed by atoms with Crippen LogP contribution >= 0.6 is 0 Å². The normalized spacial score (nSPS) is 15.3. The van der Waals surface area contributed by atoms with Crippen LogP contribution in [0.2, 0.25) is 0 Å². The molecule has 1 heterocycles. The smallest absolute Gasteiger partial charge is 0.0483 e. The van der Waals surface area contributed by atoms with Crippen LogP contribution in [0.15, 0.2) is 30.5 Å². The zero-order valence-electron chi connectivity index (χ0n) is 12.6. The molecule has 3 heteroatoms. The molecule has 0 aliphatic heterocycles. The van der Waals surface area contributed by atoms with Crippen molar-refractivity contribution in [2.75, 3.05) is 20.6 Å². The van der Waals surface area contributed by atoms with Gasteiger partial charge in [-0.1, -0.05) is 18.2 Å². The third-order valence-corrected chi connectivity index (χ3v) is 4.03. The Labute approximate surface area is 121 Å². The van der Waals surface area contributed by atoms with Gasteiger partial charge in [-0.25, -0.2) is 0 Å². The van der Waals surface area contributed by atoms with E-state index in [1.54, 1.807) is 0 Å². The van der Waals surface area contributed by atoms with Gasteiger partial charge in [-0.15, -0.1) is 0 Å². The molecule has 1 aromatic carbocycles. The van der Waals surface area contributed by atoms with E-state index in [2.05, 4.69) is 59.3 Å². The predicted octanol–water partition coefficient (Wildman–Crippen LogP) is 2.85. The second-order valence-corrected chi connectivity index (χ2v) is 6.18. The molecule has 3 nitrogen and oxygen atoms in total. The fraction of sp³-hybridized carbons (Fsp3) is 0.529. The minimum atomic E-state index is 0.769. The Hall–Kier alpha value is -1.32. The van der Waals surface area contributed by atoms with Crippen LogP contribution in [-0.2, 0) is 13.1 Å². The van der Waals surface area contributed by atoms with Gasteiger partial charge in [0.25, 0.3) is 0 Å². The van der Waals surface area contributed by atoms with E-state index in [0.29, 0.717) is 0 Å². The van der Waals surface area contributed by atoms with E-state index >= 15 is 0 Å². The van der Waals surface area contributed by atoms with Crippen LogP contribution in [0.5, 0.6) is 0 Å². The molecule has 2 aromatic rings. The van der Waals surface area contributed by atoms with Crippen molar-refractivity contribution in [3.05, 3.63) is 36.0 Å². The highest BCUT2D eigenvalue weighted by Crippen LogP contribution is 2.24. The summed E-state index contributed by atoms with van der Waals surface area (Å²) in [6.45, 7) is 3.25. The van der Waals surface area contributed by atoms with Crippen molar-refractivity contribution in [2.24, 2.45) is 0 Å². The number of nitrogens with zero attached hydrogens (tertiary/aromatic N) is 2. The third kappa shape index (κ3) is 3.22. The number of rotatable bonds is 7. The second kappa shape index (κ2) is 5.98. The topological polar surface area (TPSA) is 20.2 Å². The predicted molar refractivity (Wildman–Crippen MR) is 85.0 cm³/mol. The highest BCUT2D eigenvalue weighted by Gasteiger charge is 2.20. The Balaban J connectivity index is 1.75. The molecule has 1 fully saturated rings. The number of hydrogen-bond acceptors (Lipinski definition) is 2. The molecule has 0 atom stereocenters. The molecule has 0 radical (unpaired) electrons. The fourth-order valence-electron chi connectivity index (χ4n) is 2.75. The van der Waals surface area contributed by atoms with Crippen LogP contribution in [0.1, 0.15) is 24.8 Å². The minimum absolute atomic E-state index is 0.769. The standard InChI is InChI=1S/C17H25N3/c1-19(2)10-5-11-20-13-14(12-18-15-8-9-15)16-6-3-4-7-17(16)20/h3-4,6-7,13,15,18H,5,8-12H2,1-2H3. The van der Waals surface area contributed by atoms with Crippen LogP contribution in [-0.4, -0.2) is 36.1 Å². The van der Waals surface area contributed by atoms with Crippen LogP contribution in [0.3, 0.4) is 0 Å². The van der Waals surface area contributed by atoms with Crippen LogP contribution < -0.4 is 5.32 Å². The monoisotopic (exact) mass is 271 g/mol. The number of hydrogen-bond donors (Lipinski definition) is 1. The Morgan fingerprint density at radius 1 is 1.25 bits per heavy atom. The van der Waals surface area contributed by atoms with Gasteiger partial charge in [0.05, 0.1) is 0 Å². The zero-order chi connectivity index (χ0) is 13.9. The van der Waals surface area contributed by atoms with Crippen molar-refractivity contribution in [2.45, 2.75) is 38.4 Å². The molecule has 1 saturated carbocycles. The van der Waals surface area contributed by atoms with E-state index in [1.165, 1.54) is 35.7 Å². The summed E-state index contributed by atoms with van der Waals surface area (Å²) in [5.74, 6) is 0. The Kier molecular flexibility index (Phi) is 4.08. The highest BCUT2D eigenvalue weighted by atomic mass is 15.1. The van der Waals surface area contributed by atoms with Crippen molar-refractivity contribution >= 4 is 10.9 Å². The molecule has 0 spiro atoms. The molecule has 1 aliphatic rings. The van der Waals surface area contributed by atoms with Crippen molar-refractivity contribution in [3.63, 3.8) is 0 Å². The number of fused-ring (bicyclic) bond motifs is 1. The molecule has 108 valence electrons. The summed E-state index contributed by atoms with van der Waals surface area (Å²) in [6, 6.07) is 9.55. The second-order valence-electron chi connectivity index (χ2n) is 6.18. The van der Waals surface area contributed by atoms with Crippen LogP contribution in [0, 0.1) is 0 Å². The van der Waals surface area contributed by atoms with Gasteiger partial charge in [-0.05, 0) is 51.5 Å². The zero-order valence-corrected chi connectivity index (χ0v) is 12.6. The molecule has 3 rings (SSSR count). The van der Waals surface area contributed by atoms with E-state index in [4.69, 9.17) is 0 Å². The minimum Gasteiger partial charge on any atom is -0.347 e. The molecule has 0 unspecified atom stereocenters. The fourth-order valence-corrected chi connectivity index (χ4v) is 2.75. The Morgan fingerprint density at radius 2 is 2.05 bits per heavy atom. The van der Waals surface area contributed by atoms with E-state index in [1.807, 2.05) is 0 Å². The maximum atomic E-state index is 3.63. The molecule has 0 amide bonds. The van der Waals surface area contributed by atoms with Crippen molar-refractivity contribution in [3.8, 4) is 0 Å². The van der Waals surface area contributed by atoms with Crippen molar-refractivity contribution in [1.82, 2.24) is 14.8 Å². The Morgan fingerprint density at radius 3 is 2.80 bits per heavy atom. The van der Waals surface area contributed by atoms with E-state index < -0.39 is 0 Å². The van der Waals surface area contributed by atoms with Crippen LogP contribution in [0.25, 0.3) is 10.9 Å². The molecule has 1 N–H and O–H groups in total. The van der Waals surface area contributed by atoms with Gasteiger partial charge in [-0.2, -0.15) is 0 Å². The van der Waals surface area contributed by atoms with Crippen molar-refractivity contribution < 1.29 is 0 Å². The lowest BCUT2D eigenvalue weighted by atomic mass is 10.2. The summed E-state index contributed by atoms with van der Waals surface area (Å²) in [7, 11) is 4.28. The van der Waals surface area contributed by atoms with Crippen LogP contribution in [0.4, 0.5) is 0 Å². The quantitative estimate of drug-likeness (QED) is 0.835. The summed E-state index contributed by atoms with van der Waals surface area (Å²) in [5.41, 5.74) is 2.82. The summed E-state index contributed by atoms with van der Waals surface area (Å²) < 4.78 is 2.42. The summed E-state index contributed by atoms with van der Waals surface area (Å²) in [6.07, 6.45) is 6.24. The summed E-state index contributed by atoms with van der Waals surface area (Å²) in [4.78, 5) is 2.25. The lowest BCUT2D eigenvalue weighted by molar-refractivity contribution is 0.388. The average Bonchev–Trinajstić information content (AvgIpc) is 3.20. The lowest BCUT2D eigenvalue weighted by Crippen LogP contribution is -2.15. The summed E-state index contributed by atoms with van der Waals surface area (Å²) >= 11 is 0. The molecule has 20 heavy (non-hydrogen) atoms. The average molecular weight is 271 g/mol. The molecule has 1 aromatic heterocycles. The van der Waals surface area contributed by atoms with Gasteiger partial charge in [0.2, 0.25) is 0 Å². The molecule has 0 saturated heterocycles. The SMILES string of the molecule is CN(C)CCCn1cc(CNC2CC2)c2ccccc21. The largest absolute Gasteiger partial charge is 0.347 e. The van der Waals surface area contributed by atoms with Gasteiger partial charge in [-0.3, -0.25) is 0 Å². The van der Waals surface area contributed by atoms with E-state index in [0.717, 1.165) is 25.7 Å². The number of benzene rings is 1. The number of aryl methyl sites for hydroxylation is 1. The van der Waals surface area contributed by atoms with Gasteiger partial charge < -0.3 is 14.8 Å². The maximum absolute atomic E-state index is 3.63. The first-order chi connectivity index (χ1) is 9.74. The lowest BCUT2D eigenvalue weighted by Gasteiger charge is -2.10. The first-order valence-corrected chi connectivity index (χ1v) is 7.69. The molecular formula is C17H25N3. The molecule has 0 bridgehead atoms. The van der Waals surface area contributed by atoms with Gasteiger partial charge in [0, 0.05) is 36.2 Å².